The van der Waals surface area contributed by atoms with E-state index in [2.05, 4.69) is 20.3 Å². The van der Waals surface area contributed by atoms with Gasteiger partial charge in [0.2, 0.25) is 5.95 Å². The van der Waals surface area contributed by atoms with Crippen molar-refractivity contribution in [2.75, 3.05) is 18.0 Å². The summed E-state index contributed by atoms with van der Waals surface area (Å²) in [4.78, 5) is 6.93. The highest BCUT2D eigenvalue weighted by atomic mass is 15.4. The maximum Gasteiger partial charge on any atom is 0.245 e. The quantitative estimate of drug-likeness (QED) is 0.813. The minimum absolute atomic E-state index is 0.615. The van der Waals surface area contributed by atoms with Crippen LogP contribution in [0.15, 0.2) is 24.4 Å². The highest BCUT2D eigenvalue weighted by Crippen LogP contribution is 2.23. The Bertz CT molecular complexity index is 530. The van der Waals surface area contributed by atoms with E-state index in [0.29, 0.717) is 12.1 Å². The lowest BCUT2D eigenvalue weighted by molar-refractivity contribution is 0.563. The number of nitrogens with one attached hydrogen (secondary N) is 1. The molecule has 0 aromatic carbocycles. The van der Waals surface area contributed by atoms with Gasteiger partial charge >= 0.3 is 0 Å². The molecule has 2 fully saturated rings. The molecule has 5 heteroatoms. The van der Waals surface area contributed by atoms with E-state index in [1.54, 1.807) is 0 Å². The van der Waals surface area contributed by atoms with Crippen LogP contribution in [0, 0.1) is 0 Å². The zero-order chi connectivity index (χ0) is 11.9. The highest BCUT2D eigenvalue weighted by molar-refractivity contribution is 5.44. The van der Waals surface area contributed by atoms with Crippen molar-refractivity contribution in [3.05, 3.63) is 24.4 Å². The molecule has 2 aliphatic rings. The molecule has 4 heterocycles. The van der Waals surface area contributed by atoms with Crippen molar-refractivity contribution in [2.45, 2.75) is 31.3 Å². The number of anilines is 1. The molecule has 0 radical (unpaired) electrons. The summed E-state index contributed by atoms with van der Waals surface area (Å²) in [6, 6.07) is 7.30. The van der Waals surface area contributed by atoms with Crippen LogP contribution in [0.4, 0.5) is 5.95 Å². The SMILES string of the molecule is c1ccn2nc(N3CCC4CCC(C3)N4)nc2c1. The van der Waals surface area contributed by atoms with Crippen LogP contribution in [0.25, 0.3) is 5.65 Å². The van der Waals surface area contributed by atoms with E-state index >= 15 is 0 Å². The molecule has 0 spiro atoms. The minimum atomic E-state index is 0.615. The molecule has 2 aromatic heterocycles. The van der Waals surface area contributed by atoms with Crippen molar-refractivity contribution in [1.82, 2.24) is 19.9 Å². The Kier molecular flexibility index (Phi) is 2.26. The molecule has 2 saturated heterocycles. The normalized spacial score (nSPS) is 27.7. The van der Waals surface area contributed by atoms with Crippen molar-refractivity contribution >= 4 is 11.6 Å². The summed E-state index contributed by atoms with van der Waals surface area (Å²) < 4.78 is 1.85. The third kappa shape index (κ3) is 1.66. The number of aromatic nitrogens is 3. The maximum atomic E-state index is 4.61. The van der Waals surface area contributed by atoms with Crippen LogP contribution in [-0.2, 0) is 0 Å². The summed E-state index contributed by atoms with van der Waals surface area (Å²) >= 11 is 0. The average Bonchev–Trinajstić information content (AvgIpc) is 2.92. The van der Waals surface area contributed by atoms with E-state index in [1.807, 2.05) is 28.9 Å². The Morgan fingerprint density at radius 2 is 2.11 bits per heavy atom. The van der Waals surface area contributed by atoms with Crippen LogP contribution in [0.2, 0.25) is 0 Å². The van der Waals surface area contributed by atoms with E-state index in [9.17, 15) is 0 Å². The molecule has 1 N–H and O–H groups in total. The molecule has 5 nitrogen and oxygen atoms in total. The molecule has 2 unspecified atom stereocenters. The Morgan fingerprint density at radius 3 is 3.06 bits per heavy atom. The van der Waals surface area contributed by atoms with Crippen molar-refractivity contribution in [3.8, 4) is 0 Å². The van der Waals surface area contributed by atoms with Gasteiger partial charge in [-0.3, -0.25) is 0 Å². The Morgan fingerprint density at radius 1 is 1.17 bits per heavy atom. The predicted octanol–water partition coefficient (Wildman–Crippen LogP) is 1.06. The second-order valence-electron chi connectivity index (χ2n) is 5.29. The van der Waals surface area contributed by atoms with Gasteiger partial charge in [0, 0.05) is 31.4 Å². The van der Waals surface area contributed by atoms with E-state index < -0.39 is 0 Å². The fourth-order valence-corrected chi connectivity index (χ4v) is 3.08. The fourth-order valence-electron chi connectivity index (χ4n) is 3.08. The number of nitrogens with zero attached hydrogens (tertiary/aromatic N) is 4. The third-order valence-corrected chi connectivity index (χ3v) is 4.04. The molecule has 2 atom stereocenters. The summed E-state index contributed by atoms with van der Waals surface area (Å²) in [5, 5.41) is 8.25. The van der Waals surface area contributed by atoms with Gasteiger partial charge in [-0.15, -0.1) is 5.10 Å². The first-order valence-electron chi connectivity index (χ1n) is 6.71. The van der Waals surface area contributed by atoms with E-state index in [0.717, 1.165) is 24.7 Å². The lowest BCUT2D eigenvalue weighted by atomic mass is 10.1. The molecule has 18 heavy (non-hydrogen) atoms. The van der Waals surface area contributed by atoms with Crippen molar-refractivity contribution in [2.24, 2.45) is 0 Å². The molecule has 0 aliphatic carbocycles. The van der Waals surface area contributed by atoms with Gasteiger partial charge in [-0.05, 0) is 31.4 Å². The fraction of sp³-hybridized carbons (Fsp3) is 0.538. The molecular weight excluding hydrogens is 226 g/mol. The smallest absolute Gasteiger partial charge is 0.245 e. The second kappa shape index (κ2) is 3.95. The molecule has 0 amide bonds. The number of pyridine rings is 1. The Hall–Kier alpha value is -1.62. The second-order valence-corrected chi connectivity index (χ2v) is 5.29. The Labute approximate surface area is 106 Å². The van der Waals surface area contributed by atoms with Gasteiger partial charge in [0.15, 0.2) is 5.65 Å². The lowest BCUT2D eigenvalue weighted by Gasteiger charge is -2.22. The summed E-state index contributed by atoms with van der Waals surface area (Å²) in [6.07, 6.45) is 5.77. The summed E-state index contributed by atoms with van der Waals surface area (Å²) in [5.74, 6) is 0.871. The van der Waals surface area contributed by atoms with Gasteiger partial charge in [-0.25, -0.2) is 4.52 Å². The zero-order valence-corrected chi connectivity index (χ0v) is 10.3. The van der Waals surface area contributed by atoms with Crippen LogP contribution >= 0.6 is 0 Å². The Balaban J connectivity index is 1.65. The van der Waals surface area contributed by atoms with Crippen LogP contribution in [0.1, 0.15) is 19.3 Å². The van der Waals surface area contributed by atoms with Crippen molar-refractivity contribution < 1.29 is 0 Å². The van der Waals surface area contributed by atoms with Crippen LogP contribution in [0.3, 0.4) is 0 Å². The number of hydrogen-bond acceptors (Lipinski definition) is 4. The van der Waals surface area contributed by atoms with E-state index in [4.69, 9.17) is 0 Å². The number of hydrogen-bond donors (Lipinski definition) is 1. The molecule has 0 saturated carbocycles. The topological polar surface area (TPSA) is 45.5 Å². The van der Waals surface area contributed by atoms with Gasteiger partial charge in [-0.2, -0.15) is 4.98 Å². The standard InChI is InChI=1S/C13H17N5/c1-2-7-18-12(3-1)15-13(16-18)17-8-6-10-4-5-11(9-17)14-10/h1-3,7,10-11,14H,4-6,8-9H2. The van der Waals surface area contributed by atoms with Gasteiger partial charge in [-0.1, -0.05) is 6.07 Å². The van der Waals surface area contributed by atoms with Crippen molar-refractivity contribution in [1.29, 1.82) is 0 Å². The first kappa shape index (κ1) is 10.3. The molecule has 2 bridgehead atoms. The molecule has 4 rings (SSSR count). The van der Waals surface area contributed by atoms with Crippen LogP contribution in [0.5, 0.6) is 0 Å². The summed E-state index contributed by atoms with van der Waals surface area (Å²) in [6.45, 7) is 2.10. The van der Waals surface area contributed by atoms with Gasteiger partial charge in [0.1, 0.15) is 0 Å². The maximum absolute atomic E-state index is 4.61. The van der Waals surface area contributed by atoms with E-state index in [-0.39, 0.29) is 0 Å². The zero-order valence-electron chi connectivity index (χ0n) is 10.3. The summed E-state index contributed by atoms with van der Waals surface area (Å²) in [7, 11) is 0. The predicted molar refractivity (Wildman–Crippen MR) is 69.8 cm³/mol. The van der Waals surface area contributed by atoms with Crippen molar-refractivity contribution in [3.63, 3.8) is 0 Å². The highest BCUT2D eigenvalue weighted by Gasteiger charge is 2.30. The molecule has 2 aromatic rings. The third-order valence-electron chi connectivity index (χ3n) is 4.04. The molecule has 2 aliphatic heterocycles. The first-order chi connectivity index (χ1) is 8.88. The monoisotopic (exact) mass is 243 g/mol. The van der Waals surface area contributed by atoms with Crippen LogP contribution < -0.4 is 10.2 Å². The van der Waals surface area contributed by atoms with E-state index in [1.165, 1.54) is 19.3 Å². The van der Waals surface area contributed by atoms with Gasteiger partial charge < -0.3 is 10.2 Å². The molecule has 94 valence electrons. The number of fused-ring (bicyclic) bond motifs is 3. The average molecular weight is 243 g/mol. The van der Waals surface area contributed by atoms with Gasteiger partial charge in [0.05, 0.1) is 0 Å². The van der Waals surface area contributed by atoms with Gasteiger partial charge in [0.25, 0.3) is 0 Å². The summed E-state index contributed by atoms with van der Waals surface area (Å²) in [5.41, 5.74) is 0.926. The molecular formula is C13H17N5. The lowest BCUT2D eigenvalue weighted by Crippen LogP contribution is -2.35. The minimum Gasteiger partial charge on any atom is -0.338 e. The largest absolute Gasteiger partial charge is 0.338 e. The number of rotatable bonds is 1. The first-order valence-corrected chi connectivity index (χ1v) is 6.71. The van der Waals surface area contributed by atoms with Crippen LogP contribution in [-0.4, -0.2) is 39.8 Å².